The summed E-state index contributed by atoms with van der Waals surface area (Å²) < 4.78 is 0. The first-order valence-corrected chi connectivity index (χ1v) is 10.1. The highest BCUT2D eigenvalue weighted by Crippen LogP contribution is 2.20. The van der Waals surface area contributed by atoms with Crippen LogP contribution in [0.3, 0.4) is 0 Å². The normalized spacial score (nSPS) is 16.8. The molecule has 3 N–H and O–H groups in total. The minimum absolute atomic E-state index is 0.425. The van der Waals surface area contributed by atoms with Gasteiger partial charge < -0.3 is 20.9 Å². The van der Waals surface area contributed by atoms with E-state index in [-0.39, 0.29) is 0 Å². The summed E-state index contributed by atoms with van der Waals surface area (Å²) in [7, 11) is 2.16. The van der Waals surface area contributed by atoms with Gasteiger partial charge in [0.15, 0.2) is 5.96 Å². The molecule has 3 rings (SSSR count). The van der Waals surface area contributed by atoms with Crippen LogP contribution in [0.5, 0.6) is 0 Å². The monoisotopic (exact) mass is 380 g/mol. The fourth-order valence-corrected chi connectivity index (χ4v) is 3.26. The molecule has 0 saturated carbocycles. The highest BCUT2D eigenvalue weighted by atomic mass is 15.3. The number of aliphatic imine (C=N–C) groups is 1. The third-order valence-corrected chi connectivity index (χ3v) is 5.43. The van der Waals surface area contributed by atoms with Gasteiger partial charge in [-0.2, -0.15) is 0 Å². The molecular formula is C22H32N6. The van der Waals surface area contributed by atoms with Crippen molar-refractivity contribution in [2.24, 2.45) is 10.7 Å². The Balaban J connectivity index is 1.58. The zero-order chi connectivity index (χ0) is 19.9. The quantitative estimate of drug-likeness (QED) is 0.595. The van der Waals surface area contributed by atoms with E-state index in [2.05, 4.69) is 76.3 Å². The Hall–Kier alpha value is -2.60. The molecule has 28 heavy (non-hydrogen) atoms. The Labute approximate surface area is 168 Å². The third kappa shape index (κ3) is 5.45. The van der Waals surface area contributed by atoms with Crippen LogP contribution in [0, 0.1) is 0 Å². The smallest absolute Gasteiger partial charge is 0.193 e. The Bertz CT molecular complexity index is 778. The van der Waals surface area contributed by atoms with Gasteiger partial charge in [0.05, 0.1) is 6.54 Å². The number of anilines is 2. The number of nitrogens with two attached hydrogens (primary N) is 1. The van der Waals surface area contributed by atoms with Crippen molar-refractivity contribution in [2.45, 2.75) is 32.7 Å². The van der Waals surface area contributed by atoms with E-state index in [0.717, 1.165) is 49.7 Å². The number of rotatable bonds is 6. The van der Waals surface area contributed by atoms with Gasteiger partial charge in [-0.05, 0) is 54.8 Å². The molecule has 150 valence electrons. The number of guanidine groups is 1. The molecular weight excluding hydrogens is 348 g/mol. The van der Waals surface area contributed by atoms with Crippen LogP contribution >= 0.6 is 0 Å². The molecule has 6 nitrogen and oxygen atoms in total. The molecule has 0 amide bonds. The van der Waals surface area contributed by atoms with Gasteiger partial charge >= 0.3 is 0 Å². The van der Waals surface area contributed by atoms with Gasteiger partial charge in [0.2, 0.25) is 0 Å². The van der Waals surface area contributed by atoms with Crippen LogP contribution in [0.25, 0.3) is 0 Å². The summed E-state index contributed by atoms with van der Waals surface area (Å²) in [5.74, 6) is 2.02. The lowest BCUT2D eigenvalue weighted by Crippen LogP contribution is -2.44. The van der Waals surface area contributed by atoms with Crippen LogP contribution in [-0.2, 0) is 6.54 Å². The van der Waals surface area contributed by atoms with E-state index in [1.54, 1.807) is 0 Å². The first-order valence-electron chi connectivity index (χ1n) is 10.1. The fraction of sp³-hybridized carbons (Fsp3) is 0.455. The molecule has 1 unspecified atom stereocenters. The fourth-order valence-electron chi connectivity index (χ4n) is 3.26. The minimum Gasteiger partial charge on any atom is -0.370 e. The lowest BCUT2D eigenvalue weighted by molar-refractivity contribution is 0.312. The number of aromatic nitrogens is 1. The first kappa shape index (κ1) is 20.1. The van der Waals surface area contributed by atoms with Crippen molar-refractivity contribution < 1.29 is 0 Å². The number of hydrogen-bond donors (Lipinski definition) is 2. The van der Waals surface area contributed by atoms with Crippen molar-refractivity contribution in [1.29, 1.82) is 0 Å². The molecule has 1 fully saturated rings. The largest absolute Gasteiger partial charge is 0.370 e. The topological polar surface area (TPSA) is 69.8 Å². The van der Waals surface area contributed by atoms with E-state index < -0.39 is 0 Å². The number of nitrogens with one attached hydrogen (secondary N) is 1. The highest BCUT2D eigenvalue weighted by molar-refractivity contribution is 5.92. The summed E-state index contributed by atoms with van der Waals surface area (Å²) in [6.45, 7) is 9.12. The van der Waals surface area contributed by atoms with Crippen molar-refractivity contribution in [3.05, 3.63) is 53.7 Å². The van der Waals surface area contributed by atoms with Crippen LogP contribution in [0.2, 0.25) is 0 Å². The molecule has 1 aliphatic heterocycles. The number of pyridine rings is 1. The molecule has 1 saturated heterocycles. The number of piperazine rings is 1. The Kier molecular flexibility index (Phi) is 6.87. The summed E-state index contributed by atoms with van der Waals surface area (Å²) in [5.41, 5.74) is 9.50. The van der Waals surface area contributed by atoms with Gasteiger partial charge in [0.1, 0.15) is 5.82 Å². The van der Waals surface area contributed by atoms with Gasteiger partial charge in [-0.25, -0.2) is 9.98 Å². The molecule has 1 aromatic carbocycles. The van der Waals surface area contributed by atoms with Crippen molar-refractivity contribution >= 4 is 17.5 Å². The molecule has 0 spiro atoms. The molecule has 1 aromatic heterocycles. The average Bonchev–Trinajstić information content (AvgIpc) is 2.73. The first-order chi connectivity index (χ1) is 13.5. The van der Waals surface area contributed by atoms with Crippen LogP contribution in [0.1, 0.15) is 37.3 Å². The van der Waals surface area contributed by atoms with E-state index in [1.807, 2.05) is 12.3 Å². The van der Waals surface area contributed by atoms with Gasteiger partial charge in [0, 0.05) is 38.1 Å². The molecule has 0 radical (unpaired) electrons. The van der Waals surface area contributed by atoms with Gasteiger partial charge in [0.25, 0.3) is 0 Å². The molecule has 0 bridgehead atoms. The lowest BCUT2D eigenvalue weighted by atomic mass is 9.99. The van der Waals surface area contributed by atoms with Crippen molar-refractivity contribution in [3.63, 3.8) is 0 Å². The number of likely N-dealkylation sites (N-methyl/N-ethyl adjacent to an activating group) is 1. The average molecular weight is 381 g/mol. The molecule has 6 heteroatoms. The molecule has 0 aliphatic carbocycles. The predicted molar refractivity (Wildman–Crippen MR) is 118 cm³/mol. The van der Waals surface area contributed by atoms with E-state index >= 15 is 0 Å². The van der Waals surface area contributed by atoms with Crippen molar-refractivity contribution in [1.82, 2.24) is 9.88 Å². The van der Waals surface area contributed by atoms with Gasteiger partial charge in [-0.3, -0.25) is 0 Å². The second-order valence-electron chi connectivity index (χ2n) is 7.57. The summed E-state index contributed by atoms with van der Waals surface area (Å²) in [4.78, 5) is 13.7. The summed E-state index contributed by atoms with van der Waals surface area (Å²) in [5, 5.41) is 3.18. The predicted octanol–water partition coefficient (Wildman–Crippen LogP) is 3.27. The minimum atomic E-state index is 0.425. The lowest BCUT2D eigenvalue weighted by Gasteiger charge is -2.33. The maximum Gasteiger partial charge on any atom is 0.193 e. The number of nitrogens with zero attached hydrogens (tertiary/aromatic N) is 4. The van der Waals surface area contributed by atoms with Crippen molar-refractivity contribution in [3.8, 4) is 0 Å². The Morgan fingerprint density at radius 2 is 1.89 bits per heavy atom. The maximum atomic E-state index is 6.08. The molecule has 1 atom stereocenters. The van der Waals surface area contributed by atoms with E-state index in [0.29, 0.717) is 18.4 Å². The molecule has 2 heterocycles. The number of benzene rings is 1. The van der Waals surface area contributed by atoms with Crippen LogP contribution in [-0.4, -0.2) is 49.1 Å². The Morgan fingerprint density at radius 3 is 2.57 bits per heavy atom. The van der Waals surface area contributed by atoms with Crippen LogP contribution < -0.4 is 16.0 Å². The Morgan fingerprint density at radius 1 is 1.18 bits per heavy atom. The summed E-state index contributed by atoms with van der Waals surface area (Å²) >= 11 is 0. The molecule has 1 aliphatic rings. The third-order valence-electron chi connectivity index (χ3n) is 5.43. The standard InChI is InChI=1S/C22H32N6/c1-4-17(2)19-5-7-20(8-6-19)26-22(23)25-16-18-9-10-24-21(15-18)28-13-11-27(3)12-14-28/h5-10,15,17H,4,11-14,16H2,1-3H3,(H3,23,25,26). The zero-order valence-electron chi connectivity index (χ0n) is 17.2. The van der Waals surface area contributed by atoms with Gasteiger partial charge in [-0.1, -0.05) is 26.0 Å². The highest BCUT2D eigenvalue weighted by Gasteiger charge is 2.15. The van der Waals surface area contributed by atoms with E-state index in [4.69, 9.17) is 5.73 Å². The van der Waals surface area contributed by atoms with Crippen molar-refractivity contribution in [2.75, 3.05) is 43.4 Å². The second kappa shape index (κ2) is 9.55. The second-order valence-corrected chi connectivity index (χ2v) is 7.57. The zero-order valence-corrected chi connectivity index (χ0v) is 17.2. The maximum absolute atomic E-state index is 6.08. The van der Waals surface area contributed by atoms with Crippen LogP contribution in [0.4, 0.5) is 11.5 Å². The number of hydrogen-bond acceptors (Lipinski definition) is 4. The van der Waals surface area contributed by atoms with E-state index in [9.17, 15) is 0 Å². The SMILES string of the molecule is CCC(C)c1ccc(NC(N)=NCc2ccnc(N3CCN(C)CC3)c2)cc1. The van der Waals surface area contributed by atoms with Gasteiger partial charge in [-0.15, -0.1) is 0 Å². The summed E-state index contributed by atoms with van der Waals surface area (Å²) in [6, 6.07) is 12.5. The van der Waals surface area contributed by atoms with E-state index in [1.165, 1.54) is 5.56 Å². The summed E-state index contributed by atoms with van der Waals surface area (Å²) in [6.07, 6.45) is 2.99. The molecule has 2 aromatic rings. The van der Waals surface area contributed by atoms with Crippen LogP contribution in [0.15, 0.2) is 47.6 Å².